The fourth-order valence-electron chi connectivity index (χ4n) is 3.27. The van der Waals surface area contributed by atoms with E-state index in [4.69, 9.17) is 0 Å². The normalized spacial score (nSPS) is 38.6. The van der Waals surface area contributed by atoms with Crippen LogP contribution in [0.3, 0.4) is 0 Å². The summed E-state index contributed by atoms with van der Waals surface area (Å²) >= 11 is 0. The molecular weight excluding hydrogens is 170 g/mol. The predicted molar refractivity (Wildman–Crippen MR) is 61.3 cm³/mol. The van der Waals surface area contributed by atoms with Crippen LogP contribution < -0.4 is 0 Å². The van der Waals surface area contributed by atoms with Crippen molar-refractivity contribution in [2.45, 2.75) is 59.5 Å². The number of hydrogen-bond donors (Lipinski definition) is 0. The van der Waals surface area contributed by atoms with Crippen LogP contribution >= 0.6 is 0 Å². The molecular formula is C13H25N. The van der Waals surface area contributed by atoms with Gasteiger partial charge in [-0.2, -0.15) is 0 Å². The Labute approximate surface area is 88.9 Å². The first kappa shape index (κ1) is 10.5. The summed E-state index contributed by atoms with van der Waals surface area (Å²) in [7, 11) is 0. The number of piperidine rings is 1. The molecule has 1 heteroatoms. The second-order valence-corrected chi connectivity index (χ2v) is 7.29. The van der Waals surface area contributed by atoms with Crippen LogP contribution in [0.5, 0.6) is 0 Å². The highest BCUT2D eigenvalue weighted by Gasteiger charge is 2.57. The van der Waals surface area contributed by atoms with Gasteiger partial charge in [0.15, 0.2) is 0 Å². The van der Waals surface area contributed by atoms with Crippen LogP contribution in [0.15, 0.2) is 0 Å². The van der Waals surface area contributed by atoms with Crippen molar-refractivity contribution in [3.05, 3.63) is 0 Å². The Morgan fingerprint density at radius 1 is 1.00 bits per heavy atom. The predicted octanol–water partition coefficient (Wildman–Crippen LogP) is 3.15. The maximum Gasteiger partial charge on any atom is 0.0180 e. The highest BCUT2D eigenvalue weighted by Crippen LogP contribution is 2.56. The second-order valence-electron chi connectivity index (χ2n) is 7.29. The molecule has 0 spiro atoms. The molecule has 2 fully saturated rings. The van der Waals surface area contributed by atoms with Crippen molar-refractivity contribution in [3.8, 4) is 0 Å². The Balaban J connectivity index is 2.20. The maximum absolute atomic E-state index is 2.74. The Bertz CT molecular complexity index is 231. The minimum absolute atomic E-state index is 0.353. The maximum atomic E-state index is 2.74. The molecule has 1 aliphatic carbocycles. The third kappa shape index (κ3) is 1.60. The van der Waals surface area contributed by atoms with E-state index in [1.54, 1.807) is 0 Å². The molecule has 1 saturated carbocycles. The molecule has 2 aliphatic rings. The van der Waals surface area contributed by atoms with Crippen molar-refractivity contribution in [3.63, 3.8) is 0 Å². The van der Waals surface area contributed by atoms with Crippen molar-refractivity contribution in [2.75, 3.05) is 6.54 Å². The van der Waals surface area contributed by atoms with Crippen LogP contribution in [0.1, 0.15) is 48.0 Å². The fraction of sp³-hybridized carbons (Fsp3) is 1.00. The number of hydrogen-bond acceptors (Lipinski definition) is 1. The first-order valence-electron chi connectivity index (χ1n) is 5.98. The van der Waals surface area contributed by atoms with Gasteiger partial charge in [-0.3, -0.25) is 4.90 Å². The number of fused-ring (bicyclic) bond motifs is 1. The van der Waals surface area contributed by atoms with Crippen molar-refractivity contribution in [1.29, 1.82) is 0 Å². The lowest BCUT2D eigenvalue weighted by atomic mass is 9.82. The zero-order valence-corrected chi connectivity index (χ0v) is 10.6. The molecule has 0 aromatic heterocycles. The van der Waals surface area contributed by atoms with Crippen LogP contribution in [0, 0.1) is 17.3 Å². The zero-order valence-electron chi connectivity index (χ0n) is 10.6. The van der Waals surface area contributed by atoms with E-state index in [0.29, 0.717) is 11.0 Å². The van der Waals surface area contributed by atoms with Crippen molar-refractivity contribution in [1.82, 2.24) is 4.90 Å². The minimum Gasteiger partial charge on any atom is -0.294 e. The van der Waals surface area contributed by atoms with Crippen LogP contribution in [0.25, 0.3) is 0 Å². The summed E-state index contributed by atoms with van der Waals surface area (Å²) in [4.78, 5) is 2.74. The number of likely N-dealkylation sites (tertiary alicyclic amines) is 1. The van der Waals surface area contributed by atoms with Crippen LogP contribution in [-0.4, -0.2) is 23.0 Å². The third-order valence-electron chi connectivity index (χ3n) is 3.90. The number of rotatable bonds is 0. The lowest BCUT2D eigenvalue weighted by Gasteiger charge is -2.45. The Morgan fingerprint density at radius 3 is 1.93 bits per heavy atom. The zero-order chi connectivity index (χ0) is 10.7. The SMILES string of the molecule is CC(C)(C)C1C2CC2CN1C(C)(C)C. The quantitative estimate of drug-likeness (QED) is 0.574. The highest BCUT2D eigenvalue weighted by atomic mass is 15.3. The van der Waals surface area contributed by atoms with Gasteiger partial charge in [0.1, 0.15) is 0 Å². The highest BCUT2D eigenvalue weighted by molar-refractivity contribution is 5.10. The number of nitrogens with zero attached hydrogens (tertiary/aromatic N) is 1. The summed E-state index contributed by atoms with van der Waals surface area (Å²) in [6.07, 6.45) is 1.49. The van der Waals surface area contributed by atoms with Gasteiger partial charge in [-0.15, -0.1) is 0 Å². The Kier molecular flexibility index (Phi) is 2.06. The largest absolute Gasteiger partial charge is 0.294 e. The van der Waals surface area contributed by atoms with Crippen molar-refractivity contribution < 1.29 is 0 Å². The lowest BCUT2D eigenvalue weighted by molar-refractivity contribution is 0.0375. The average molecular weight is 195 g/mol. The van der Waals surface area contributed by atoms with E-state index < -0.39 is 0 Å². The Morgan fingerprint density at radius 2 is 1.57 bits per heavy atom. The Hall–Kier alpha value is -0.0400. The summed E-state index contributed by atoms with van der Waals surface area (Å²) in [6, 6.07) is 0.812. The molecule has 0 aromatic carbocycles. The van der Waals surface area contributed by atoms with Gasteiger partial charge in [0.2, 0.25) is 0 Å². The van der Waals surface area contributed by atoms with Gasteiger partial charge < -0.3 is 0 Å². The van der Waals surface area contributed by atoms with Gasteiger partial charge >= 0.3 is 0 Å². The van der Waals surface area contributed by atoms with Crippen molar-refractivity contribution >= 4 is 0 Å². The summed E-state index contributed by atoms with van der Waals surface area (Å²) in [5.41, 5.74) is 0.800. The van der Waals surface area contributed by atoms with E-state index in [9.17, 15) is 0 Å². The molecule has 0 bridgehead atoms. The standard InChI is InChI=1S/C13H25N/c1-12(2,3)11-10-7-9(10)8-14(11)13(4,5)6/h9-11H,7-8H2,1-6H3. The van der Waals surface area contributed by atoms with Gasteiger partial charge in [-0.25, -0.2) is 0 Å². The van der Waals surface area contributed by atoms with Gasteiger partial charge in [0.25, 0.3) is 0 Å². The van der Waals surface area contributed by atoms with E-state index in [1.807, 2.05) is 0 Å². The molecule has 0 radical (unpaired) electrons. The summed E-state index contributed by atoms with van der Waals surface area (Å²) < 4.78 is 0. The first-order chi connectivity index (χ1) is 6.21. The molecule has 1 heterocycles. The molecule has 3 atom stereocenters. The summed E-state index contributed by atoms with van der Waals surface area (Å²) in [5.74, 6) is 2.03. The van der Waals surface area contributed by atoms with Crippen LogP contribution in [-0.2, 0) is 0 Å². The first-order valence-corrected chi connectivity index (χ1v) is 5.98. The van der Waals surface area contributed by atoms with E-state index in [2.05, 4.69) is 46.4 Å². The molecule has 0 N–H and O–H groups in total. The molecule has 2 rings (SSSR count). The fourth-order valence-corrected chi connectivity index (χ4v) is 3.27. The van der Waals surface area contributed by atoms with Gasteiger partial charge in [-0.1, -0.05) is 20.8 Å². The molecule has 0 amide bonds. The van der Waals surface area contributed by atoms with E-state index in [-0.39, 0.29) is 0 Å². The van der Waals surface area contributed by atoms with E-state index >= 15 is 0 Å². The molecule has 1 saturated heterocycles. The molecule has 3 unspecified atom stereocenters. The van der Waals surface area contributed by atoms with Gasteiger partial charge in [0, 0.05) is 18.1 Å². The summed E-state index contributed by atoms with van der Waals surface area (Å²) in [5, 5.41) is 0. The molecule has 1 nitrogen and oxygen atoms in total. The van der Waals surface area contributed by atoms with Crippen LogP contribution in [0.4, 0.5) is 0 Å². The van der Waals surface area contributed by atoms with E-state index in [1.165, 1.54) is 13.0 Å². The van der Waals surface area contributed by atoms with Gasteiger partial charge in [-0.05, 0) is 44.4 Å². The lowest BCUT2D eigenvalue weighted by Crippen LogP contribution is -2.51. The second kappa shape index (κ2) is 2.75. The third-order valence-corrected chi connectivity index (χ3v) is 3.90. The minimum atomic E-state index is 0.353. The van der Waals surface area contributed by atoms with E-state index in [0.717, 1.165) is 17.9 Å². The van der Waals surface area contributed by atoms with Crippen LogP contribution in [0.2, 0.25) is 0 Å². The van der Waals surface area contributed by atoms with Crippen molar-refractivity contribution in [2.24, 2.45) is 17.3 Å². The smallest absolute Gasteiger partial charge is 0.0180 e. The summed E-state index contributed by atoms with van der Waals surface area (Å²) in [6.45, 7) is 15.6. The molecule has 1 aliphatic heterocycles. The monoisotopic (exact) mass is 195 g/mol. The van der Waals surface area contributed by atoms with Gasteiger partial charge in [0.05, 0.1) is 0 Å². The average Bonchev–Trinajstić information content (AvgIpc) is 2.56. The molecule has 0 aromatic rings. The molecule has 14 heavy (non-hydrogen) atoms. The molecule has 82 valence electrons. The topological polar surface area (TPSA) is 3.24 Å².